The van der Waals surface area contributed by atoms with E-state index >= 15 is 0 Å². The lowest BCUT2D eigenvalue weighted by Crippen LogP contribution is -2.41. The van der Waals surface area contributed by atoms with Crippen molar-refractivity contribution in [2.75, 3.05) is 0 Å². The molecule has 1 heterocycles. The Morgan fingerprint density at radius 1 is 1.00 bits per heavy atom. The molecule has 0 saturated carbocycles. The zero-order valence-electron chi connectivity index (χ0n) is 15.3. The van der Waals surface area contributed by atoms with Crippen molar-refractivity contribution in [3.8, 4) is 22.3 Å². The summed E-state index contributed by atoms with van der Waals surface area (Å²) in [7, 11) is 0. The largest absolute Gasteiger partial charge is 0.425 e. The summed E-state index contributed by atoms with van der Waals surface area (Å²) in [6.45, 7) is -0.954. The molecule has 3 aromatic rings. The van der Waals surface area contributed by atoms with Crippen LogP contribution in [0.4, 0.5) is 30.7 Å². The SMILES string of the molecule is OC(Cn1cc(-c2cc(F)cc3c2-c2ccccc2[C@]3(O)C(F)(F)F)cn1)C(F)(F)F. The van der Waals surface area contributed by atoms with Crippen molar-refractivity contribution in [2.45, 2.75) is 30.6 Å². The maximum absolute atomic E-state index is 14.3. The second kappa shape index (κ2) is 6.79. The number of aromatic nitrogens is 2. The Hall–Kier alpha value is -2.92. The number of hydrogen-bond acceptors (Lipinski definition) is 3. The van der Waals surface area contributed by atoms with E-state index < -0.39 is 47.5 Å². The van der Waals surface area contributed by atoms with Crippen LogP contribution in [-0.2, 0) is 12.1 Å². The number of benzene rings is 2. The van der Waals surface area contributed by atoms with Gasteiger partial charge in [-0.3, -0.25) is 4.68 Å². The molecule has 0 radical (unpaired) electrons. The normalized spacial score (nSPS) is 19.3. The van der Waals surface area contributed by atoms with Gasteiger partial charge in [0.05, 0.1) is 12.7 Å². The van der Waals surface area contributed by atoms with Crippen LogP contribution in [0.15, 0.2) is 48.8 Å². The minimum absolute atomic E-state index is 0.00963. The number of rotatable bonds is 3. The summed E-state index contributed by atoms with van der Waals surface area (Å²) >= 11 is 0. The molecular weight excluding hydrogens is 433 g/mol. The van der Waals surface area contributed by atoms with Crippen molar-refractivity contribution in [3.63, 3.8) is 0 Å². The molecule has 1 aromatic heterocycles. The van der Waals surface area contributed by atoms with Gasteiger partial charge in [-0.1, -0.05) is 24.3 Å². The highest BCUT2D eigenvalue weighted by atomic mass is 19.4. The quantitative estimate of drug-likeness (QED) is 0.587. The summed E-state index contributed by atoms with van der Waals surface area (Å²) in [6, 6.07) is 6.66. The minimum Gasteiger partial charge on any atom is -0.382 e. The monoisotopic (exact) mass is 446 g/mol. The topological polar surface area (TPSA) is 58.3 Å². The number of alkyl halides is 6. The van der Waals surface area contributed by atoms with E-state index in [-0.39, 0.29) is 22.3 Å². The Morgan fingerprint density at radius 3 is 2.32 bits per heavy atom. The average molecular weight is 446 g/mol. The second-order valence-electron chi connectivity index (χ2n) is 7.14. The number of halogens is 7. The van der Waals surface area contributed by atoms with Gasteiger partial charge < -0.3 is 10.2 Å². The maximum atomic E-state index is 14.3. The van der Waals surface area contributed by atoms with Gasteiger partial charge in [0.15, 0.2) is 6.10 Å². The van der Waals surface area contributed by atoms with Crippen molar-refractivity contribution in [3.05, 3.63) is 65.7 Å². The molecule has 0 saturated heterocycles. The lowest BCUT2D eigenvalue weighted by molar-refractivity contribution is -0.246. The van der Waals surface area contributed by atoms with Crippen LogP contribution in [-0.4, -0.2) is 38.5 Å². The van der Waals surface area contributed by atoms with E-state index in [0.717, 1.165) is 29.2 Å². The first-order valence-electron chi connectivity index (χ1n) is 8.84. The summed E-state index contributed by atoms with van der Waals surface area (Å²) in [5.41, 5.74) is -4.83. The fourth-order valence-electron chi connectivity index (χ4n) is 3.76. The van der Waals surface area contributed by atoms with Gasteiger partial charge in [0.25, 0.3) is 0 Å². The average Bonchev–Trinajstić information content (AvgIpc) is 3.23. The zero-order valence-corrected chi connectivity index (χ0v) is 15.3. The minimum atomic E-state index is -5.17. The fourth-order valence-corrected chi connectivity index (χ4v) is 3.76. The van der Waals surface area contributed by atoms with Gasteiger partial charge in [-0.05, 0) is 28.8 Å². The molecule has 4 nitrogen and oxygen atoms in total. The van der Waals surface area contributed by atoms with E-state index in [1.54, 1.807) is 0 Å². The van der Waals surface area contributed by atoms with Crippen LogP contribution in [0.5, 0.6) is 0 Å². The van der Waals surface area contributed by atoms with Crippen LogP contribution in [0.3, 0.4) is 0 Å². The molecule has 31 heavy (non-hydrogen) atoms. The van der Waals surface area contributed by atoms with E-state index in [9.17, 15) is 40.9 Å². The first-order chi connectivity index (χ1) is 14.3. The number of nitrogens with zero attached hydrogens (tertiary/aromatic N) is 2. The highest BCUT2D eigenvalue weighted by molar-refractivity contribution is 5.92. The standard InChI is InChI=1S/C20H13F7N2O2/c21-11-5-13(10-7-28-29(8-10)9-16(30)19(22,23)24)17-12-3-1-2-4-14(12)18(31,15(17)6-11)20(25,26)27/h1-8,16,30-31H,9H2/t16?,18-/m1/s1. The molecule has 1 unspecified atom stereocenters. The van der Waals surface area contributed by atoms with E-state index in [1.807, 2.05) is 0 Å². The summed E-state index contributed by atoms with van der Waals surface area (Å²) in [4.78, 5) is 0. The van der Waals surface area contributed by atoms with Crippen LogP contribution in [0.25, 0.3) is 22.3 Å². The molecule has 2 atom stereocenters. The van der Waals surface area contributed by atoms with Crippen molar-refractivity contribution in [1.82, 2.24) is 9.78 Å². The van der Waals surface area contributed by atoms with Crippen molar-refractivity contribution in [2.24, 2.45) is 0 Å². The molecule has 0 spiro atoms. The van der Waals surface area contributed by atoms with Gasteiger partial charge >= 0.3 is 12.4 Å². The van der Waals surface area contributed by atoms with E-state index in [1.165, 1.54) is 18.2 Å². The van der Waals surface area contributed by atoms with E-state index in [0.29, 0.717) is 6.07 Å². The Kier molecular flexibility index (Phi) is 4.67. The molecule has 0 aliphatic heterocycles. The molecule has 0 bridgehead atoms. The second-order valence-corrected chi connectivity index (χ2v) is 7.14. The Morgan fingerprint density at radius 2 is 1.68 bits per heavy atom. The summed E-state index contributed by atoms with van der Waals surface area (Å²) in [5, 5.41) is 23.6. The number of fused-ring (bicyclic) bond motifs is 3. The van der Waals surface area contributed by atoms with Crippen molar-refractivity contribution >= 4 is 0 Å². The van der Waals surface area contributed by atoms with Gasteiger partial charge in [-0.25, -0.2) is 4.39 Å². The predicted molar refractivity (Wildman–Crippen MR) is 94.2 cm³/mol. The molecule has 0 fully saturated rings. The van der Waals surface area contributed by atoms with Gasteiger partial charge in [0.2, 0.25) is 5.60 Å². The highest BCUT2D eigenvalue weighted by Gasteiger charge is 2.61. The van der Waals surface area contributed by atoms with Gasteiger partial charge in [-0.2, -0.15) is 31.4 Å². The molecule has 2 N–H and O–H groups in total. The Bertz CT molecular complexity index is 1150. The van der Waals surface area contributed by atoms with Crippen LogP contribution in [0.1, 0.15) is 11.1 Å². The molecule has 4 rings (SSSR count). The number of aliphatic hydroxyl groups is 2. The van der Waals surface area contributed by atoms with Gasteiger partial charge in [0.1, 0.15) is 5.82 Å². The first kappa shape index (κ1) is 21.3. The Balaban J connectivity index is 1.89. The highest BCUT2D eigenvalue weighted by Crippen LogP contribution is 2.57. The Labute approximate surface area is 170 Å². The first-order valence-corrected chi connectivity index (χ1v) is 8.84. The van der Waals surface area contributed by atoms with E-state index in [2.05, 4.69) is 5.10 Å². The summed E-state index contributed by atoms with van der Waals surface area (Å²) in [6.07, 6.45) is -10.7. The third-order valence-electron chi connectivity index (χ3n) is 5.17. The maximum Gasteiger partial charge on any atom is 0.425 e. The van der Waals surface area contributed by atoms with Gasteiger partial charge in [0, 0.05) is 22.9 Å². The number of aliphatic hydroxyl groups excluding tert-OH is 1. The molecule has 1 aliphatic rings. The van der Waals surface area contributed by atoms with Crippen molar-refractivity contribution in [1.29, 1.82) is 0 Å². The van der Waals surface area contributed by atoms with Crippen LogP contribution in [0, 0.1) is 5.82 Å². The molecule has 1 aliphatic carbocycles. The zero-order chi connectivity index (χ0) is 22.8. The van der Waals surface area contributed by atoms with Crippen LogP contribution < -0.4 is 0 Å². The molecule has 164 valence electrons. The summed E-state index contributed by atoms with van der Waals surface area (Å²) in [5.74, 6) is -1.08. The fraction of sp³-hybridized carbons (Fsp3) is 0.250. The molecule has 2 aromatic carbocycles. The number of hydrogen-bond donors (Lipinski definition) is 2. The van der Waals surface area contributed by atoms with Gasteiger partial charge in [-0.15, -0.1) is 0 Å². The predicted octanol–water partition coefficient (Wildman–Crippen LogP) is 4.39. The van der Waals surface area contributed by atoms with Crippen molar-refractivity contribution < 1.29 is 40.9 Å². The third kappa shape index (κ3) is 3.28. The molecule has 0 amide bonds. The van der Waals surface area contributed by atoms with E-state index in [4.69, 9.17) is 0 Å². The smallest absolute Gasteiger partial charge is 0.382 e. The summed E-state index contributed by atoms with van der Waals surface area (Å²) < 4.78 is 94.6. The van der Waals surface area contributed by atoms with Crippen LogP contribution in [0.2, 0.25) is 0 Å². The van der Waals surface area contributed by atoms with Crippen LogP contribution >= 0.6 is 0 Å². The lowest BCUT2D eigenvalue weighted by atomic mass is 9.89. The lowest BCUT2D eigenvalue weighted by Gasteiger charge is -2.28. The molecule has 11 heteroatoms. The third-order valence-corrected chi connectivity index (χ3v) is 5.17. The molecular formula is C20H13F7N2O2.